The average molecular weight is 233 g/mol. The topological polar surface area (TPSA) is 65.4 Å². The van der Waals surface area contributed by atoms with Gasteiger partial charge < -0.3 is 15.0 Å². The first kappa shape index (κ1) is 12.8. The number of anilines is 2. The minimum absolute atomic E-state index is 0.168. The average Bonchev–Trinajstić information content (AvgIpc) is 2.29. The molecule has 0 saturated heterocycles. The molecule has 1 N–H and O–H groups in total. The summed E-state index contributed by atoms with van der Waals surface area (Å²) in [5.74, 6) is 0.228. The summed E-state index contributed by atoms with van der Waals surface area (Å²) in [6.07, 6.45) is -0.168. The van der Waals surface area contributed by atoms with E-state index in [4.69, 9.17) is 10.00 Å². The van der Waals surface area contributed by atoms with E-state index in [-0.39, 0.29) is 12.3 Å². The Morgan fingerprint density at radius 1 is 1.53 bits per heavy atom. The van der Waals surface area contributed by atoms with Crippen LogP contribution in [0.3, 0.4) is 0 Å². The lowest BCUT2D eigenvalue weighted by Gasteiger charge is -2.16. The predicted octanol–water partition coefficient (Wildman–Crippen LogP) is 1.61. The normalized spacial score (nSPS) is 9.29. The van der Waals surface area contributed by atoms with Gasteiger partial charge >= 0.3 is 0 Å². The molecule has 5 heteroatoms. The predicted molar refractivity (Wildman–Crippen MR) is 66.2 cm³/mol. The molecular formula is C12H15N3O2. The van der Waals surface area contributed by atoms with Crippen molar-refractivity contribution in [3.05, 3.63) is 18.2 Å². The fourth-order valence-electron chi connectivity index (χ4n) is 1.33. The molecular weight excluding hydrogens is 218 g/mol. The van der Waals surface area contributed by atoms with E-state index in [1.54, 1.807) is 12.1 Å². The fourth-order valence-corrected chi connectivity index (χ4v) is 1.33. The smallest absolute Gasteiger partial charge is 0.238 e. The quantitative estimate of drug-likeness (QED) is 0.858. The second-order valence-electron chi connectivity index (χ2n) is 3.66. The number of nitrogens with zero attached hydrogens (tertiary/aromatic N) is 2. The summed E-state index contributed by atoms with van der Waals surface area (Å²) in [4.78, 5) is 13.2. The van der Waals surface area contributed by atoms with Gasteiger partial charge in [0.25, 0.3) is 0 Å². The lowest BCUT2D eigenvalue weighted by atomic mass is 10.2. The highest BCUT2D eigenvalue weighted by Crippen LogP contribution is 2.29. The van der Waals surface area contributed by atoms with E-state index < -0.39 is 0 Å². The Kier molecular flexibility index (Phi) is 4.35. The highest BCUT2D eigenvalue weighted by atomic mass is 16.5. The van der Waals surface area contributed by atoms with Gasteiger partial charge in [0.2, 0.25) is 5.91 Å². The molecule has 0 aliphatic rings. The number of hydrogen-bond acceptors (Lipinski definition) is 4. The lowest BCUT2D eigenvalue weighted by molar-refractivity contribution is -0.115. The van der Waals surface area contributed by atoms with Crippen molar-refractivity contribution in [1.29, 1.82) is 5.26 Å². The number of carbonyl (C=O) groups is 1. The number of hydrogen-bond donors (Lipinski definition) is 1. The monoisotopic (exact) mass is 233 g/mol. The van der Waals surface area contributed by atoms with Crippen molar-refractivity contribution in [2.75, 3.05) is 31.4 Å². The van der Waals surface area contributed by atoms with Gasteiger partial charge in [0, 0.05) is 25.8 Å². The van der Waals surface area contributed by atoms with Crippen LogP contribution >= 0.6 is 0 Å². The third-order valence-corrected chi connectivity index (χ3v) is 2.22. The Bertz CT molecular complexity index is 450. The Morgan fingerprint density at radius 2 is 2.24 bits per heavy atom. The van der Waals surface area contributed by atoms with Gasteiger partial charge in [-0.15, -0.1) is 0 Å². The van der Waals surface area contributed by atoms with E-state index in [0.29, 0.717) is 11.4 Å². The van der Waals surface area contributed by atoms with Crippen LogP contribution < -0.4 is 15.0 Å². The first-order valence-corrected chi connectivity index (χ1v) is 5.10. The summed E-state index contributed by atoms with van der Waals surface area (Å²) < 4.78 is 5.19. The Labute approximate surface area is 101 Å². The van der Waals surface area contributed by atoms with Gasteiger partial charge in [0.15, 0.2) is 0 Å². The van der Waals surface area contributed by atoms with Crippen LogP contribution in [-0.4, -0.2) is 27.1 Å². The standard InChI is InChI=1S/C12H15N3O2/c1-15(2)9-4-5-10(11(8-9)17-3)14-12(16)6-7-13/h4-5,8H,6H2,1-3H3,(H,14,16). The minimum atomic E-state index is -0.344. The maximum absolute atomic E-state index is 11.3. The molecule has 0 fully saturated rings. The maximum atomic E-state index is 11.3. The van der Waals surface area contributed by atoms with Crippen molar-refractivity contribution in [3.63, 3.8) is 0 Å². The van der Waals surface area contributed by atoms with Crippen molar-refractivity contribution >= 4 is 17.3 Å². The summed E-state index contributed by atoms with van der Waals surface area (Å²) in [5, 5.41) is 11.0. The van der Waals surface area contributed by atoms with Gasteiger partial charge in [0.05, 0.1) is 18.9 Å². The third kappa shape index (κ3) is 3.38. The number of amides is 1. The molecule has 0 atom stereocenters. The van der Waals surface area contributed by atoms with Gasteiger partial charge in [-0.25, -0.2) is 0 Å². The second kappa shape index (κ2) is 5.75. The van der Waals surface area contributed by atoms with Gasteiger partial charge in [-0.1, -0.05) is 0 Å². The molecule has 1 aromatic carbocycles. The lowest BCUT2D eigenvalue weighted by Crippen LogP contribution is -2.12. The number of benzene rings is 1. The van der Waals surface area contributed by atoms with Gasteiger partial charge in [-0.2, -0.15) is 5.26 Å². The molecule has 0 aromatic heterocycles. The zero-order valence-corrected chi connectivity index (χ0v) is 10.2. The molecule has 1 amide bonds. The molecule has 0 aliphatic heterocycles. The molecule has 0 heterocycles. The molecule has 0 spiro atoms. The Balaban J connectivity index is 2.93. The van der Waals surface area contributed by atoms with E-state index >= 15 is 0 Å². The zero-order valence-electron chi connectivity index (χ0n) is 10.2. The summed E-state index contributed by atoms with van der Waals surface area (Å²) in [7, 11) is 5.38. The van der Waals surface area contributed by atoms with Crippen molar-refractivity contribution in [1.82, 2.24) is 0 Å². The van der Waals surface area contributed by atoms with Crippen molar-refractivity contribution in [2.45, 2.75) is 6.42 Å². The molecule has 5 nitrogen and oxygen atoms in total. The molecule has 0 saturated carbocycles. The highest BCUT2D eigenvalue weighted by molar-refractivity contribution is 5.93. The molecule has 0 radical (unpaired) electrons. The SMILES string of the molecule is COc1cc(N(C)C)ccc1NC(=O)CC#N. The van der Waals surface area contributed by atoms with Crippen molar-refractivity contribution < 1.29 is 9.53 Å². The molecule has 90 valence electrons. The van der Waals surface area contributed by atoms with Crippen LogP contribution in [-0.2, 0) is 4.79 Å². The molecule has 0 unspecified atom stereocenters. The summed E-state index contributed by atoms with van der Waals surface area (Å²) in [5.41, 5.74) is 1.54. The largest absolute Gasteiger partial charge is 0.494 e. The van der Waals surface area contributed by atoms with Gasteiger partial charge in [0.1, 0.15) is 12.2 Å². The van der Waals surface area contributed by atoms with Crippen LogP contribution in [0, 0.1) is 11.3 Å². The van der Waals surface area contributed by atoms with Crippen molar-refractivity contribution in [2.24, 2.45) is 0 Å². The van der Waals surface area contributed by atoms with Crippen LogP contribution in [0.1, 0.15) is 6.42 Å². The van der Waals surface area contributed by atoms with E-state index in [1.165, 1.54) is 7.11 Å². The summed E-state index contributed by atoms with van der Waals surface area (Å²) in [6, 6.07) is 7.23. The Morgan fingerprint density at radius 3 is 2.76 bits per heavy atom. The van der Waals surface area contributed by atoms with Crippen LogP contribution in [0.2, 0.25) is 0 Å². The first-order chi connectivity index (χ1) is 8.08. The molecule has 0 aliphatic carbocycles. The first-order valence-electron chi connectivity index (χ1n) is 5.10. The molecule has 0 bridgehead atoms. The highest BCUT2D eigenvalue weighted by Gasteiger charge is 2.08. The number of ether oxygens (including phenoxy) is 1. The number of rotatable bonds is 4. The van der Waals surface area contributed by atoms with Crippen molar-refractivity contribution in [3.8, 4) is 11.8 Å². The van der Waals surface area contributed by atoms with Crippen LogP contribution in [0.5, 0.6) is 5.75 Å². The van der Waals surface area contributed by atoms with Crippen LogP contribution in [0.15, 0.2) is 18.2 Å². The fraction of sp³-hybridized carbons (Fsp3) is 0.333. The Hall–Kier alpha value is -2.22. The zero-order chi connectivity index (χ0) is 12.8. The molecule has 17 heavy (non-hydrogen) atoms. The number of methoxy groups -OCH3 is 1. The number of carbonyl (C=O) groups excluding carboxylic acids is 1. The third-order valence-electron chi connectivity index (χ3n) is 2.22. The van der Waals surface area contributed by atoms with Gasteiger partial charge in [-0.3, -0.25) is 4.79 Å². The minimum Gasteiger partial charge on any atom is -0.494 e. The summed E-state index contributed by atoms with van der Waals surface area (Å²) in [6.45, 7) is 0. The van der Waals surface area contributed by atoms with Gasteiger partial charge in [-0.05, 0) is 12.1 Å². The van der Waals surface area contributed by atoms with E-state index in [1.807, 2.05) is 31.1 Å². The maximum Gasteiger partial charge on any atom is 0.238 e. The summed E-state index contributed by atoms with van der Waals surface area (Å²) >= 11 is 0. The van der Waals surface area contributed by atoms with Crippen LogP contribution in [0.4, 0.5) is 11.4 Å². The van der Waals surface area contributed by atoms with E-state index in [0.717, 1.165) is 5.69 Å². The number of nitrogens with one attached hydrogen (secondary N) is 1. The molecule has 1 aromatic rings. The molecule has 1 rings (SSSR count). The second-order valence-corrected chi connectivity index (χ2v) is 3.66. The number of nitriles is 1. The van der Waals surface area contributed by atoms with E-state index in [2.05, 4.69) is 5.32 Å². The van der Waals surface area contributed by atoms with E-state index in [9.17, 15) is 4.79 Å². The van der Waals surface area contributed by atoms with Crippen LogP contribution in [0.25, 0.3) is 0 Å².